The van der Waals surface area contributed by atoms with Crippen LogP contribution in [0.25, 0.3) is 0 Å². The summed E-state index contributed by atoms with van der Waals surface area (Å²) in [6.45, 7) is 7.06. The van der Waals surface area contributed by atoms with E-state index in [-0.39, 0.29) is 0 Å². The highest BCUT2D eigenvalue weighted by Crippen LogP contribution is 2.11. The molecule has 0 N–H and O–H groups in total. The maximum atomic E-state index is 5.27. The molecule has 11 heavy (non-hydrogen) atoms. The zero-order chi connectivity index (χ0) is 8.10. The first kappa shape index (κ1) is 8.75. The molecule has 0 bridgehead atoms. The minimum Gasteiger partial charge on any atom is -0.381 e. The quantitative estimate of drug-likeness (QED) is 0.569. The molecule has 64 valence electrons. The number of rotatable bonds is 3. The highest BCUT2D eigenvalue weighted by atomic mass is 16.5. The first-order chi connectivity index (χ1) is 5.36. The van der Waals surface area contributed by atoms with Crippen LogP contribution in [0.4, 0.5) is 0 Å². The fourth-order valence-corrected chi connectivity index (χ4v) is 1.51. The summed E-state index contributed by atoms with van der Waals surface area (Å²) >= 11 is 0. The van der Waals surface area contributed by atoms with Crippen LogP contribution in [0.5, 0.6) is 0 Å². The number of nitrogens with zero attached hydrogens (tertiary/aromatic N) is 1. The molecule has 0 aromatic rings. The van der Waals surface area contributed by atoms with E-state index in [1.54, 1.807) is 7.11 Å². The van der Waals surface area contributed by atoms with Gasteiger partial charge in [0.2, 0.25) is 0 Å². The molecule has 0 aromatic carbocycles. The van der Waals surface area contributed by atoms with Crippen LogP contribution in [0, 0.1) is 0 Å². The molecule has 1 aliphatic rings. The van der Waals surface area contributed by atoms with Crippen molar-refractivity contribution in [3.63, 3.8) is 0 Å². The second-order valence-corrected chi connectivity index (χ2v) is 3.02. The third kappa shape index (κ3) is 2.64. The van der Waals surface area contributed by atoms with Crippen LogP contribution in [-0.2, 0) is 4.74 Å². The Morgan fingerprint density at radius 3 is 2.64 bits per heavy atom. The molecular formula is C9H17NO. The Labute approximate surface area is 68.8 Å². The van der Waals surface area contributed by atoms with Gasteiger partial charge in [-0.2, -0.15) is 0 Å². The SMILES string of the molecule is C=CCN1CCC(OC)CC1. The van der Waals surface area contributed by atoms with Crippen molar-refractivity contribution >= 4 is 0 Å². The van der Waals surface area contributed by atoms with Crippen molar-refractivity contribution in [2.75, 3.05) is 26.7 Å². The van der Waals surface area contributed by atoms with E-state index < -0.39 is 0 Å². The predicted molar refractivity (Wildman–Crippen MR) is 46.7 cm³/mol. The smallest absolute Gasteiger partial charge is 0.0595 e. The maximum absolute atomic E-state index is 5.27. The molecule has 1 rings (SSSR count). The number of likely N-dealkylation sites (tertiary alicyclic amines) is 1. The Morgan fingerprint density at radius 2 is 2.18 bits per heavy atom. The van der Waals surface area contributed by atoms with Gasteiger partial charge in [-0.1, -0.05) is 6.08 Å². The molecule has 1 heterocycles. The van der Waals surface area contributed by atoms with Gasteiger partial charge in [0.1, 0.15) is 0 Å². The van der Waals surface area contributed by atoms with E-state index in [1.165, 1.54) is 12.8 Å². The monoisotopic (exact) mass is 155 g/mol. The van der Waals surface area contributed by atoms with Crippen molar-refractivity contribution in [3.05, 3.63) is 12.7 Å². The minimum absolute atomic E-state index is 0.496. The summed E-state index contributed by atoms with van der Waals surface area (Å²) in [6.07, 6.45) is 4.80. The normalized spacial score (nSPS) is 21.9. The van der Waals surface area contributed by atoms with Gasteiger partial charge < -0.3 is 4.74 Å². The molecule has 1 fully saturated rings. The molecule has 0 saturated carbocycles. The number of ether oxygens (including phenoxy) is 1. The molecular weight excluding hydrogens is 138 g/mol. The fourth-order valence-electron chi connectivity index (χ4n) is 1.51. The molecule has 0 radical (unpaired) electrons. The highest BCUT2D eigenvalue weighted by Gasteiger charge is 2.16. The number of piperidine rings is 1. The predicted octanol–water partition coefficient (Wildman–Crippen LogP) is 1.28. The molecule has 2 nitrogen and oxygen atoms in total. The van der Waals surface area contributed by atoms with E-state index in [4.69, 9.17) is 4.74 Å². The molecule has 0 unspecified atom stereocenters. The number of hydrogen-bond donors (Lipinski definition) is 0. The molecule has 1 aliphatic heterocycles. The average Bonchev–Trinajstić information content (AvgIpc) is 2.07. The van der Waals surface area contributed by atoms with Crippen molar-refractivity contribution in [2.45, 2.75) is 18.9 Å². The van der Waals surface area contributed by atoms with Crippen molar-refractivity contribution in [1.82, 2.24) is 4.90 Å². The standard InChI is InChI=1S/C9H17NO/c1-3-6-10-7-4-9(11-2)5-8-10/h3,9H,1,4-8H2,2H3. The first-order valence-electron chi connectivity index (χ1n) is 4.23. The number of methoxy groups -OCH3 is 1. The zero-order valence-electron chi connectivity index (χ0n) is 7.25. The van der Waals surface area contributed by atoms with Gasteiger partial charge in [-0.15, -0.1) is 6.58 Å². The van der Waals surface area contributed by atoms with Crippen LogP contribution in [0.3, 0.4) is 0 Å². The summed E-state index contributed by atoms with van der Waals surface area (Å²) in [4.78, 5) is 2.41. The Balaban J connectivity index is 2.18. The lowest BCUT2D eigenvalue weighted by Gasteiger charge is -2.30. The molecule has 0 spiro atoms. The van der Waals surface area contributed by atoms with Crippen LogP contribution in [0.1, 0.15) is 12.8 Å². The third-order valence-electron chi connectivity index (χ3n) is 2.26. The van der Waals surface area contributed by atoms with Gasteiger partial charge in [0.25, 0.3) is 0 Å². The fraction of sp³-hybridized carbons (Fsp3) is 0.778. The van der Waals surface area contributed by atoms with Crippen LogP contribution >= 0.6 is 0 Å². The first-order valence-corrected chi connectivity index (χ1v) is 4.23. The van der Waals surface area contributed by atoms with E-state index >= 15 is 0 Å². The highest BCUT2D eigenvalue weighted by molar-refractivity contribution is 4.78. The summed E-state index contributed by atoms with van der Waals surface area (Å²) < 4.78 is 5.27. The van der Waals surface area contributed by atoms with E-state index in [1.807, 2.05) is 6.08 Å². The molecule has 1 saturated heterocycles. The zero-order valence-corrected chi connectivity index (χ0v) is 7.25. The van der Waals surface area contributed by atoms with Gasteiger partial charge >= 0.3 is 0 Å². The lowest BCUT2D eigenvalue weighted by Crippen LogP contribution is -2.36. The van der Waals surface area contributed by atoms with Crippen LogP contribution in [0.15, 0.2) is 12.7 Å². The second kappa shape index (κ2) is 4.52. The van der Waals surface area contributed by atoms with Crippen molar-refractivity contribution in [1.29, 1.82) is 0 Å². The van der Waals surface area contributed by atoms with Crippen molar-refractivity contribution < 1.29 is 4.74 Å². The lowest BCUT2D eigenvalue weighted by atomic mass is 10.1. The second-order valence-electron chi connectivity index (χ2n) is 3.02. The molecule has 2 heteroatoms. The van der Waals surface area contributed by atoms with Gasteiger partial charge in [-0.3, -0.25) is 4.90 Å². The summed E-state index contributed by atoms with van der Waals surface area (Å²) in [6, 6.07) is 0. The Kier molecular flexibility index (Phi) is 3.60. The van der Waals surface area contributed by atoms with E-state index in [0.29, 0.717) is 6.10 Å². The van der Waals surface area contributed by atoms with E-state index in [9.17, 15) is 0 Å². The van der Waals surface area contributed by atoms with Gasteiger partial charge in [0.05, 0.1) is 6.10 Å². The largest absolute Gasteiger partial charge is 0.381 e. The third-order valence-corrected chi connectivity index (χ3v) is 2.26. The van der Waals surface area contributed by atoms with Crippen LogP contribution in [-0.4, -0.2) is 37.7 Å². The van der Waals surface area contributed by atoms with Crippen LogP contribution in [0.2, 0.25) is 0 Å². The van der Waals surface area contributed by atoms with Crippen LogP contribution < -0.4 is 0 Å². The van der Waals surface area contributed by atoms with Crippen molar-refractivity contribution in [3.8, 4) is 0 Å². The summed E-state index contributed by atoms with van der Waals surface area (Å²) in [5.41, 5.74) is 0. The lowest BCUT2D eigenvalue weighted by molar-refractivity contribution is 0.0445. The number of hydrogen-bond acceptors (Lipinski definition) is 2. The van der Waals surface area contributed by atoms with Gasteiger partial charge in [-0.05, 0) is 12.8 Å². The Hall–Kier alpha value is -0.340. The maximum Gasteiger partial charge on any atom is 0.0595 e. The Morgan fingerprint density at radius 1 is 1.55 bits per heavy atom. The topological polar surface area (TPSA) is 12.5 Å². The Bertz CT molecular complexity index is 117. The molecule has 0 aromatic heterocycles. The van der Waals surface area contributed by atoms with E-state index in [0.717, 1.165) is 19.6 Å². The van der Waals surface area contributed by atoms with Gasteiger partial charge in [-0.25, -0.2) is 0 Å². The van der Waals surface area contributed by atoms with Gasteiger partial charge in [0, 0.05) is 26.7 Å². The molecule has 0 amide bonds. The van der Waals surface area contributed by atoms with Crippen molar-refractivity contribution in [2.24, 2.45) is 0 Å². The minimum atomic E-state index is 0.496. The van der Waals surface area contributed by atoms with Gasteiger partial charge in [0.15, 0.2) is 0 Å². The summed E-state index contributed by atoms with van der Waals surface area (Å²) in [5.74, 6) is 0. The molecule has 0 aliphatic carbocycles. The summed E-state index contributed by atoms with van der Waals surface area (Å²) in [5, 5.41) is 0. The molecule has 0 atom stereocenters. The van der Waals surface area contributed by atoms with E-state index in [2.05, 4.69) is 11.5 Å². The average molecular weight is 155 g/mol. The summed E-state index contributed by atoms with van der Waals surface area (Å²) in [7, 11) is 1.80.